The standard InChI is InChI=1S/C3H8.K.H/c1-3-2;;/h3H2,1-2H3;;. The zero-order valence-electron chi connectivity index (χ0n) is 2.71. The van der Waals surface area contributed by atoms with Gasteiger partial charge < -0.3 is 0 Å². The molecule has 0 saturated carbocycles. The number of hydrogen-bond acceptors (Lipinski definition) is 0. The van der Waals surface area contributed by atoms with Crippen LogP contribution < -0.4 is 0 Å². The van der Waals surface area contributed by atoms with Gasteiger partial charge in [-0.2, -0.15) is 0 Å². The van der Waals surface area contributed by atoms with Crippen molar-refractivity contribution in [2.75, 3.05) is 0 Å². The van der Waals surface area contributed by atoms with Gasteiger partial charge in [0.2, 0.25) is 0 Å². The Morgan fingerprint density at radius 2 is 1.25 bits per heavy atom. The van der Waals surface area contributed by atoms with E-state index < -0.39 is 0 Å². The van der Waals surface area contributed by atoms with Crippen molar-refractivity contribution in [1.82, 2.24) is 0 Å². The maximum atomic E-state index is 2.12. The number of hydrogen-bond donors (Lipinski definition) is 0. The molecule has 0 aliphatic rings. The fraction of sp³-hybridized carbons (Fsp3) is 1.00. The molecule has 0 heterocycles. The van der Waals surface area contributed by atoms with Crippen molar-refractivity contribution in [2.24, 2.45) is 0 Å². The summed E-state index contributed by atoms with van der Waals surface area (Å²) in [7, 11) is 0. The Bertz CT molecular complexity index is 3.25. The van der Waals surface area contributed by atoms with Gasteiger partial charge in [-0.15, -0.1) is 0 Å². The minimum absolute atomic E-state index is 0. The normalized spacial score (nSPS) is 4.50. The van der Waals surface area contributed by atoms with Crippen LogP contribution in [-0.2, 0) is 0 Å². The zero-order chi connectivity index (χ0) is 2.71. The summed E-state index contributed by atoms with van der Waals surface area (Å²) in [5.74, 6) is 0. The van der Waals surface area contributed by atoms with E-state index in [2.05, 4.69) is 13.8 Å². The van der Waals surface area contributed by atoms with E-state index >= 15 is 0 Å². The zero-order valence-corrected chi connectivity index (χ0v) is 2.71. The molecule has 22 valence electrons. The summed E-state index contributed by atoms with van der Waals surface area (Å²) in [5.41, 5.74) is 0. The molecular weight excluding hydrogens is 75.1 g/mol. The van der Waals surface area contributed by atoms with E-state index in [4.69, 9.17) is 0 Å². The summed E-state index contributed by atoms with van der Waals surface area (Å²) in [4.78, 5) is 0. The van der Waals surface area contributed by atoms with Crippen molar-refractivity contribution in [1.29, 1.82) is 0 Å². The first-order chi connectivity index (χ1) is 1.41. The van der Waals surface area contributed by atoms with E-state index in [0.717, 1.165) is 0 Å². The Morgan fingerprint density at radius 1 is 1.25 bits per heavy atom. The predicted octanol–water partition coefficient (Wildman–Crippen LogP) is 0.768. The van der Waals surface area contributed by atoms with E-state index in [-0.39, 0.29) is 51.4 Å². The SMILES string of the molecule is CCC.[KH]. The van der Waals surface area contributed by atoms with Crippen LogP contribution in [0.1, 0.15) is 20.3 Å². The first-order valence-corrected chi connectivity index (χ1v) is 1.41. The molecule has 0 radical (unpaired) electrons. The summed E-state index contributed by atoms with van der Waals surface area (Å²) < 4.78 is 0. The molecular formula is C3H9K. The van der Waals surface area contributed by atoms with Gasteiger partial charge in [-0.25, -0.2) is 0 Å². The second-order valence-corrected chi connectivity index (χ2v) is 0.707. The molecule has 0 atom stereocenters. The third kappa shape index (κ3) is 9.44. The predicted molar refractivity (Wildman–Crippen MR) is 23.1 cm³/mol. The average Bonchev–Trinajstić information content (AvgIpc) is 0.918. The molecule has 0 bridgehead atoms. The monoisotopic (exact) mass is 84.0 g/mol. The van der Waals surface area contributed by atoms with Crippen molar-refractivity contribution >= 4 is 51.4 Å². The van der Waals surface area contributed by atoms with Gasteiger partial charge in [0, 0.05) is 0 Å². The number of rotatable bonds is 0. The van der Waals surface area contributed by atoms with Crippen LogP contribution in [0.4, 0.5) is 0 Å². The molecule has 0 aliphatic carbocycles. The molecule has 0 aromatic heterocycles. The molecule has 0 rings (SSSR count). The average molecular weight is 84.2 g/mol. The molecule has 0 nitrogen and oxygen atoms in total. The molecule has 0 fully saturated rings. The molecule has 0 saturated heterocycles. The second-order valence-electron chi connectivity index (χ2n) is 0.707. The van der Waals surface area contributed by atoms with Crippen LogP contribution in [0.3, 0.4) is 0 Å². The summed E-state index contributed by atoms with van der Waals surface area (Å²) in [5, 5.41) is 0. The van der Waals surface area contributed by atoms with Crippen molar-refractivity contribution in [3.05, 3.63) is 0 Å². The van der Waals surface area contributed by atoms with Crippen LogP contribution in [0.2, 0.25) is 0 Å². The molecule has 0 amide bonds. The fourth-order valence-corrected chi connectivity index (χ4v) is 0. The van der Waals surface area contributed by atoms with Crippen LogP contribution >= 0.6 is 0 Å². The molecule has 0 aromatic carbocycles. The van der Waals surface area contributed by atoms with Gasteiger partial charge in [0.05, 0.1) is 0 Å². The topological polar surface area (TPSA) is 0 Å². The Kier molecular flexibility index (Phi) is 20.2. The van der Waals surface area contributed by atoms with Gasteiger partial charge in [0.25, 0.3) is 0 Å². The Labute approximate surface area is 70.4 Å². The summed E-state index contributed by atoms with van der Waals surface area (Å²) in [6.07, 6.45) is 1.25. The molecule has 1 heteroatoms. The van der Waals surface area contributed by atoms with E-state index in [1.54, 1.807) is 0 Å². The fourth-order valence-electron chi connectivity index (χ4n) is 0. The van der Waals surface area contributed by atoms with Crippen molar-refractivity contribution in [3.63, 3.8) is 0 Å². The first kappa shape index (κ1) is 9.16. The molecule has 0 unspecified atom stereocenters. The van der Waals surface area contributed by atoms with Gasteiger partial charge in [0.1, 0.15) is 0 Å². The summed E-state index contributed by atoms with van der Waals surface area (Å²) in [6, 6.07) is 0. The quantitative estimate of drug-likeness (QED) is 0.380. The van der Waals surface area contributed by atoms with E-state index in [0.29, 0.717) is 0 Å². The maximum absolute atomic E-state index is 2.12. The Hall–Kier alpha value is 1.64. The van der Waals surface area contributed by atoms with Gasteiger partial charge in [-0.05, 0) is 0 Å². The van der Waals surface area contributed by atoms with Crippen LogP contribution in [0.5, 0.6) is 0 Å². The summed E-state index contributed by atoms with van der Waals surface area (Å²) in [6.45, 7) is 4.25. The second kappa shape index (κ2) is 8.82. The molecule has 0 N–H and O–H groups in total. The molecule has 0 spiro atoms. The van der Waals surface area contributed by atoms with E-state index in [1.165, 1.54) is 6.42 Å². The Morgan fingerprint density at radius 3 is 1.25 bits per heavy atom. The molecule has 4 heavy (non-hydrogen) atoms. The van der Waals surface area contributed by atoms with E-state index in [9.17, 15) is 0 Å². The Balaban J connectivity index is 0. The van der Waals surface area contributed by atoms with Gasteiger partial charge >= 0.3 is 51.4 Å². The van der Waals surface area contributed by atoms with Crippen molar-refractivity contribution in [2.45, 2.75) is 20.3 Å². The third-order valence-electron chi connectivity index (χ3n) is 0. The summed E-state index contributed by atoms with van der Waals surface area (Å²) >= 11 is 0. The molecule has 0 aromatic rings. The van der Waals surface area contributed by atoms with E-state index in [1.807, 2.05) is 0 Å². The van der Waals surface area contributed by atoms with Crippen LogP contribution in [0, 0.1) is 0 Å². The third-order valence-corrected chi connectivity index (χ3v) is 0. The van der Waals surface area contributed by atoms with Crippen molar-refractivity contribution < 1.29 is 0 Å². The van der Waals surface area contributed by atoms with Gasteiger partial charge in [-0.1, -0.05) is 20.3 Å². The van der Waals surface area contributed by atoms with Crippen LogP contribution in [0.25, 0.3) is 0 Å². The molecule has 0 aliphatic heterocycles. The van der Waals surface area contributed by atoms with Crippen LogP contribution in [0.15, 0.2) is 0 Å². The van der Waals surface area contributed by atoms with Gasteiger partial charge in [0.15, 0.2) is 0 Å². The van der Waals surface area contributed by atoms with Gasteiger partial charge in [-0.3, -0.25) is 0 Å². The van der Waals surface area contributed by atoms with Crippen LogP contribution in [-0.4, -0.2) is 51.4 Å². The minimum atomic E-state index is 0. The first-order valence-electron chi connectivity index (χ1n) is 1.41. The van der Waals surface area contributed by atoms with Crippen molar-refractivity contribution in [3.8, 4) is 0 Å².